The maximum absolute atomic E-state index is 12.6. The van der Waals surface area contributed by atoms with Crippen LogP contribution in [0.2, 0.25) is 5.02 Å². The maximum Gasteiger partial charge on any atom is 0.265 e. The first-order chi connectivity index (χ1) is 17.0. The second-order valence-corrected chi connectivity index (χ2v) is 8.12. The molecule has 180 valence electrons. The number of benzene rings is 3. The zero-order valence-corrected chi connectivity index (χ0v) is 20.2. The van der Waals surface area contributed by atoms with Gasteiger partial charge in [-0.25, -0.2) is 0 Å². The lowest BCUT2D eigenvalue weighted by Gasteiger charge is -2.30. The van der Waals surface area contributed by atoms with Crippen LogP contribution < -0.4 is 24.4 Å². The number of nitrogens with one attached hydrogen (secondary N) is 1. The van der Waals surface area contributed by atoms with Crippen molar-refractivity contribution in [3.05, 3.63) is 82.9 Å². The topological polar surface area (TPSA) is 77.1 Å². The lowest BCUT2D eigenvalue weighted by Crippen LogP contribution is -2.38. The van der Waals surface area contributed by atoms with E-state index in [1.54, 1.807) is 54.5 Å². The van der Waals surface area contributed by atoms with Crippen LogP contribution in [0.3, 0.4) is 0 Å². The number of ether oxygens (including phenoxy) is 3. The normalized spacial score (nSPS) is 12.8. The maximum atomic E-state index is 12.6. The van der Waals surface area contributed by atoms with Crippen molar-refractivity contribution in [3.8, 4) is 17.2 Å². The zero-order chi connectivity index (χ0) is 24.8. The van der Waals surface area contributed by atoms with Crippen molar-refractivity contribution in [2.45, 2.75) is 13.5 Å². The van der Waals surface area contributed by atoms with Gasteiger partial charge >= 0.3 is 0 Å². The molecule has 1 heterocycles. The van der Waals surface area contributed by atoms with Crippen LogP contribution in [0, 0.1) is 0 Å². The second-order valence-electron chi connectivity index (χ2n) is 7.71. The molecule has 0 fully saturated rings. The third-order valence-electron chi connectivity index (χ3n) is 5.37. The number of halogens is 1. The van der Waals surface area contributed by atoms with Crippen LogP contribution in [0.1, 0.15) is 18.1 Å². The van der Waals surface area contributed by atoms with Crippen molar-refractivity contribution in [1.29, 1.82) is 0 Å². The lowest BCUT2D eigenvalue weighted by molar-refractivity contribution is -0.121. The molecule has 0 aromatic heterocycles. The number of carbonyl (C=O) groups is 2. The monoisotopic (exact) mass is 492 g/mol. The molecular formula is C27H25ClN2O5. The molecule has 0 aliphatic carbocycles. The van der Waals surface area contributed by atoms with Crippen LogP contribution in [0.25, 0.3) is 6.08 Å². The average molecular weight is 493 g/mol. The molecular weight excluding hydrogens is 468 g/mol. The number of nitrogens with zero attached hydrogens (tertiary/aromatic N) is 1. The Balaban J connectivity index is 1.50. The smallest absolute Gasteiger partial charge is 0.265 e. The van der Waals surface area contributed by atoms with E-state index in [0.29, 0.717) is 46.8 Å². The molecule has 0 radical (unpaired) electrons. The van der Waals surface area contributed by atoms with Crippen molar-refractivity contribution in [3.63, 3.8) is 0 Å². The minimum absolute atomic E-state index is 0.0581. The Bertz CT molecular complexity index is 1270. The molecule has 0 saturated carbocycles. The van der Waals surface area contributed by atoms with E-state index in [4.69, 9.17) is 25.8 Å². The summed E-state index contributed by atoms with van der Waals surface area (Å²) in [6.45, 7) is 2.67. The minimum atomic E-state index is -0.321. The Morgan fingerprint density at radius 1 is 1.14 bits per heavy atom. The Hall–Kier alpha value is -3.97. The van der Waals surface area contributed by atoms with E-state index >= 15 is 0 Å². The molecule has 7 nitrogen and oxygen atoms in total. The average Bonchev–Trinajstić information content (AvgIpc) is 2.86. The Labute approximate surface area is 208 Å². The van der Waals surface area contributed by atoms with Gasteiger partial charge in [-0.05, 0) is 60.5 Å². The van der Waals surface area contributed by atoms with E-state index in [2.05, 4.69) is 5.32 Å². The molecule has 3 aromatic rings. The van der Waals surface area contributed by atoms with E-state index in [9.17, 15) is 9.59 Å². The van der Waals surface area contributed by atoms with E-state index in [0.717, 1.165) is 11.1 Å². The molecule has 0 spiro atoms. The first kappa shape index (κ1) is 24.2. The predicted molar refractivity (Wildman–Crippen MR) is 136 cm³/mol. The first-order valence-corrected chi connectivity index (χ1v) is 11.5. The Kier molecular flexibility index (Phi) is 7.57. The molecule has 0 atom stereocenters. The van der Waals surface area contributed by atoms with Crippen LogP contribution in [-0.2, 0) is 16.1 Å². The summed E-state index contributed by atoms with van der Waals surface area (Å²) >= 11 is 6.30. The Morgan fingerprint density at radius 2 is 1.97 bits per heavy atom. The quantitative estimate of drug-likeness (QED) is 0.430. The van der Waals surface area contributed by atoms with E-state index < -0.39 is 0 Å². The van der Waals surface area contributed by atoms with Gasteiger partial charge in [-0.1, -0.05) is 35.9 Å². The summed E-state index contributed by atoms with van der Waals surface area (Å²) in [6, 6.07) is 18.0. The van der Waals surface area contributed by atoms with Crippen LogP contribution in [0.15, 0.2) is 66.7 Å². The molecule has 0 bridgehead atoms. The van der Waals surface area contributed by atoms with E-state index in [1.165, 1.54) is 6.08 Å². The van der Waals surface area contributed by atoms with Gasteiger partial charge in [-0.2, -0.15) is 0 Å². The van der Waals surface area contributed by atoms with Crippen molar-refractivity contribution in [2.75, 3.05) is 30.5 Å². The zero-order valence-electron chi connectivity index (χ0n) is 19.4. The van der Waals surface area contributed by atoms with Crippen molar-refractivity contribution in [1.82, 2.24) is 0 Å². The van der Waals surface area contributed by atoms with E-state index in [-0.39, 0.29) is 18.4 Å². The van der Waals surface area contributed by atoms with Crippen LogP contribution in [0.5, 0.6) is 17.2 Å². The number of hydrogen-bond donors (Lipinski definition) is 1. The number of rotatable bonds is 8. The largest absolute Gasteiger partial charge is 0.493 e. The molecule has 1 N–H and O–H groups in total. The number of anilines is 2. The van der Waals surface area contributed by atoms with Crippen molar-refractivity contribution < 1.29 is 23.8 Å². The van der Waals surface area contributed by atoms with Gasteiger partial charge < -0.3 is 24.4 Å². The van der Waals surface area contributed by atoms with Gasteiger partial charge in [-0.3, -0.25) is 9.59 Å². The summed E-state index contributed by atoms with van der Waals surface area (Å²) in [4.78, 5) is 26.8. The highest BCUT2D eigenvalue weighted by Gasteiger charge is 2.26. The molecule has 0 unspecified atom stereocenters. The standard InChI is InChI=1S/C27H25ClN2O5/c1-3-34-24-11-8-18(14-25(24)33-2)9-13-26(31)29-20-10-12-23-22(15-20)30(27(32)17-35-23)16-19-6-4-5-7-21(19)28/h4-15H,3,16-17H2,1-2H3,(H,29,31)/b13-9+. The SMILES string of the molecule is CCOc1ccc(/C=C/C(=O)Nc2ccc3c(c2)N(Cc2ccccc2Cl)C(=O)CO3)cc1OC. The van der Waals surface area contributed by atoms with Gasteiger partial charge in [0.2, 0.25) is 5.91 Å². The van der Waals surface area contributed by atoms with Crippen molar-refractivity contribution >= 4 is 40.9 Å². The van der Waals surface area contributed by atoms with Gasteiger partial charge in [0.15, 0.2) is 18.1 Å². The molecule has 1 aliphatic rings. The fourth-order valence-electron chi connectivity index (χ4n) is 3.67. The molecule has 3 aromatic carbocycles. The molecule has 35 heavy (non-hydrogen) atoms. The summed E-state index contributed by atoms with van der Waals surface area (Å²) in [5.74, 6) is 1.28. The number of carbonyl (C=O) groups excluding carboxylic acids is 2. The minimum Gasteiger partial charge on any atom is -0.493 e. The van der Waals surface area contributed by atoms with Gasteiger partial charge in [0.25, 0.3) is 5.91 Å². The fraction of sp³-hybridized carbons (Fsp3) is 0.185. The third-order valence-corrected chi connectivity index (χ3v) is 5.74. The number of amides is 2. The number of fused-ring (bicyclic) bond motifs is 1. The summed E-state index contributed by atoms with van der Waals surface area (Å²) < 4.78 is 16.4. The number of methoxy groups -OCH3 is 1. The summed E-state index contributed by atoms with van der Waals surface area (Å²) in [5.41, 5.74) is 2.71. The fourth-order valence-corrected chi connectivity index (χ4v) is 3.86. The highest BCUT2D eigenvalue weighted by atomic mass is 35.5. The first-order valence-electron chi connectivity index (χ1n) is 11.1. The summed E-state index contributed by atoms with van der Waals surface area (Å²) in [6.07, 6.45) is 3.11. The van der Waals surface area contributed by atoms with Crippen LogP contribution in [-0.4, -0.2) is 32.1 Å². The molecule has 0 saturated heterocycles. The van der Waals surface area contributed by atoms with E-state index in [1.807, 2.05) is 31.2 Å². The van der Waals surface area contributed by atoms with Gasteiger partial charge in [0.05, 0.1) is 25.9 Å². The van der Waals surface area contributed by atoms with Gasteiger partial charge in [0.1, 0.15) is 5.75 Å². The molecule has 4 rings (SSSR count). The van der Waals surface area contributed by atoms with Gasteiger partial charge in [-0.15, -0.1) is 0 Å². The van der Waals surface area contributed by atoms with Gasteiger partial charge in [0, 0.05) is 16.8 Å². The Morgan fingerprint density at radius 3 is 2.74 bits per heavy atom. The van der Waals surface area contributed by atoms with Crippen LogP contribution >= 0.6 is 11.6 Å². The molecule has 1 aliphatic heterocycles. The van der Waals surface area contributed by atoms with Crippen LogP contribution in [0.4, 0.5) is 11.4 Å². The second kappa shape index (κ2) is 11.0. The molecule has 2 amide bonds. The number of hydrogen-bond acceptors (Lipinski definition) is 5. The predicted octanol–water partition coefficient (Wildman–Crippen LogP) is 5.32. The molecule has 8 heteroatoms. The third kappa shape index (κ3) is 5.75. The van der Waals surface area contributed by atoms with Crippen molar-refractivity contribution in [2.24, 2.45) is 0 Å². The summed E-state index contributed by atoms with van der Waals surface area (Å²) in [7, 11) is 1.57. The highest BCUT2D eigenvalue weighted by molar-refractivity contribution is 6.31. The summed E-state index contributed by atoms with van der Waals surface area (Å²) in [5, 5.41) is 3.41. The highest BCUT2D eigenvalue weighted by Crippen LogP contribution is 2.36. The lowest BCUT2D eigenvalue weighted by atomic mass is 10.1.